The van der Waals surface area contributed by atoms with Crippen molar-refractivity contribution in [1.29, 1.82) is 0 Å². The van der Waals surface area contributed by atoms with Gasteiger partial charge in [-0.1, -0.05) is 6.07 Å². The Labute approximate surface area is 84.9 Å². The Morgan fingerprint density at radius 3 is 2.50 bits per heavy atom. The summed E-state index contributed by atoms with van der Waals surface area (Å²) in [6.07, 6.45) is 5.44. The van der Waals surface area contributed by atoms with Crippen LogP contribution in [0.4, 0.5) is 5.82 Å². The lowest BCUT2D eigenvalue weighted by Gasteiger charge is -1.93. The van der Waals surface area contributed by atoms with E-state index in [4.69, 9.17) is 0 Å². The molecule has 3 nitrogen and oxygen atoms in total. The van der Waals surface area contributed by atoms with Crippen molar-refractivity contribution in [1.82, 2.24) is 4.98 Å². The second kappa shape index (κ2) is 9.23. The Morgan fingerprint density at radius 2 is 2.14 bits per heavy atom. The number of anilines is 1. The largest absolute Gasteiger partial charge is 0.262 e. The molecule has 0 aliphatic rings. The maximum Gasteiger partial charge on any atom is 0.146 e. The normalized spacial score (nSPS) is 7.29. The first-order valence-corrected chi connectivity index (χ1v) is 4.29. The van der Waals surface area contributed by atoms with Crippen LogP contribution in [0.25, 0.3) is 0 Å². The van der Waals surface area contributed by atoms with Gasteiger partial charge in [0.15, 0.2) is 0 Å². The SMILES string of the molecule is C=NNc1ccccn1.CC=C=CC. The number of nitrogens with one attached hydrogen (secondary N) is 1. The molecule has 1 heterocycles. The van der Waals surface area contributed by atoms with Crippen LogP contribution < -0.4 is 5.43 Å². The zero-order chi connectivity index (χ0) is 10.6. The first-order valence-electron chi connectivity index (χ1n) is 4.29. The van der Waals surface area contributed by atoms with E-state index in [-0.39, 0.29) is 0 Å². The van der Waals surface area contributed by atoms with Crippen molar-refractivity contribution in [3.8, 4) is 0 Å². The third-order valence-corrected chi connectivity index (χ3v) is 1.19. The average Bonchev–Trinajstić information content (AvgIpc) is 2.22. The predicted molar refractivity (Wildman–Crippen MR) is 61.4 cm³/mol. The van der Waals surface area contributed by atoms with E-state index in [9.17, 15) is 0 Å². The van der Waals surface area contributed by atoms with Crippen LogP contribution in [0.3, 0.4) is 0 Å². The number of rotatable bonds is 2. The molecule has 0 aliphatic carbocycles. The van der Waals surface area contributed by atoms with E-state index < -0.39 is 0 Å². The molecule has 0 atom stereocenters. The van der Waals surface area contributed by atoms with Crippen LogP contribution in [0, 0.1) is 0 Å². The molecule has 1 N–H and O–H groups in total. The number of hydrazone groups is 1. The van der Waals surface area contributed by atoms with E-state index in [1.54, 1.807) is 6.20 Å². The summed E-state index contributed by atoms with van der Waals surface area (Å²) in [6.45, 7) is 7.14. The molecule has 14 heavy (non-hydrogen) atoms. The second-order valence-electron chi connectivity index (χ2n) is 2.23. The molecule has 74 valence electrons. The molecule has 0 radical (unpaired) electrons. The smallest absolute Gasteiger partial charge is 0.146 e. The molecular formula is C11H15N3. The molecule has 1 aromatic rings. The molecule has 0 fully saturated rings. The van der Waals surface area contributed by atoms with Gasteiger partial charge in [0, 0.05) is 12.9 Å². The summed E-state index contributed by atoms with van der Waals surface area (Å²) < 4.78 is 0. The minimum absolute atomic E-state index is 0.715. The van der Waals surface area contributed by atoms with Gasteiger partial charge in [-0.3, -0.25) is 5.43 Å². The van der Waals surface area contributed by atoms with Gasteiger partial charge in [0.2, 0.25) is 0 Å². The fourth-order valence-corrected chi connectivity index (χ4v) is 0.677. The minimum Gasteiger partial charge on any atom is -0.262 e. The molecule has 0 saturated heterocycles. The number of pyridine rings is 1. The standard InChI is InChI=1S/C6H7N3.C5H8/c1-7-9-6-4-2-3-5-8-6;1-3-5-4-2/h2-5H,1H2,(H,8,9);3-4H,1-2H3. The van der Waals surface area contributed by atoms with Gasteiger partial charge in [0.05, 0.1) is 0 Å². The Hall–Kier alpha value is -1.86. The van der Waals surface area contributed by atoms with Crippen LogP contribution >= 0.6 is 0 Å². The van der Waals surface area contributed by atoms with Gasteiger partial charge in [-0.05, 0) is 38.1 Å². The highest BCUT2D eigenvalue weighted by atomic mass is 15.3. The summed E-state index contributed by atoms with van der Waals surface area (Å²) in [5.74, 6) is 0.715. The quantitative estimate of drug-likeness (QED) is 0.441. The van der Waals surface area contributed by atoms with Gasteiger partial charge in [0.25, 0.3) is 0 Å². The number of hydrogen-bond acceptors (Lipinski definition) is 3. The Kier molecular flexibility index (Phi) is 8.00. The molecular weight excluding hydrogens is 174 g/mol. The van der Waals surface area contributed by atoms with Crippen molar-refractivity contribution in [3.63, 3.8) is 0 Å². The van der Waals surface area contributed by atoms with Crippen molar-refractivity contribution >= 4 is 12.5 Å². The Balaban J connectivity index is 0.000000292. The van der Waals surface area contributed by atoms with Gasteiger partial charge in [-0.15, -0.1) is 5.73 Å². The second-order valence-corrected chi connectivity index (χ2v) is 2.23. The Morgan fingerprint density at radius 1 is 1.43 bits per heavy atom. The molecule has 0 unspecified atom stereocenters. The predicted octanol–water partition coefficient (Wildman–Crippen LogP) is 2.85. The van der Waals surface area contributed by atoms with Gasteiger partial charge in [0.1, 0.15) is 5.82 Å². The summed E-state index contributed by atoms with van der Waals surface area (Å²) in [5.41, 5.74) is 5.47. The van der Waals surface area contributed by atoms with Crippen LogP contribution in [-0.2, 0) is 0 Å². The van der Waals surface area contributed by atoms with Crippen molar-refractivity contribution < 1.29 is 0 Å². The molecule has 3 heteroatoms. The topological polar surface area (TPSA) is 37.3 Å². The lowest BCUT2D eigenvalue weighted by atomic mass is 10.5. The van der Waals surface area contributed by atoms with E-state index in [0.717, 1.165) is 0 Å². The molecule has 0 saturated carbocycles. The third kappa shape index (κ3) is 6.83. The minimum atomic E-state index is 0.715. The summed E-state index contributed by atoms with van der Waals surface area (Å²) >= 11 is 0. The molecule has 0 spiro atoms. The van der Waals surface area contributed by atoms with Crippen molar-refractivity contribution in [3.05, 3.63) is 42.3 Å². The first kappa shape index (κ1) is 12.1. The zero-order valence-electron chi connectivity index (χ0n) is 8.57. The molecule has 0 bridgehead atoms. The number of nitrogens with zero attached hydrogens (tertiary/aromatic N) is 2. The number of allylic oxidation sites excluding steroid dienone is 1. The third-order valence-electron chi connectivity index (χ3n) is 1.19. The average molecular weight is 189 g/mol. The molecule has 0 aliphatic heterocycles. The molecule has 1 rings (SSSR count). The number of aromatic nitrogens is 1. The Bertz CT molecular complexity index is 292. The van der Waals surface area contributed by atoms with Crippen LogP contribution in [-0.4, -0.2) is 11.7 Å². The van der Waals surface area contributed by atoms with E-state index >= 15 is 0 Å². The zero-order valence-corrected chi connectivity index (χ0v) is 8.57. The maximum atomic E-state index is 3.92. The summed E-state index contributed by atoms with van der Waals surface area (Å²) in [5, 5.41) is 3.44. The van der Waals surface area contributed by atoms with Crippen molar-refractivity contribution in [2.45, 2.75) is 13.8 Å². The summed E-state index contributed by atoms with van der Waals surface area (Å²) in [4.78, 5) is 3.92. The van der Waals surface area contributed by atoms with Gasteiger partial charge in [-0.2, -0.15) is 5.10 Å². The van der Waals surface area contributed by atoms with Crippen molar-refractivity contribution in [2.24, 2.45) is 5.10 Å². The number of hydrogen-bond donors (Lipinski definition) is 1. The molecule has 1 aromatic heterocycles. The molecule has 0 amide bonds. The lowest BCUT2D eigenvalue weighted by molar-refractivity contribution is 1.24. The monoisotopic (exact) mass is 189 g/mol. The van der Waals surface area contributed by atoms with Crippen molar-refractivity contribution in [2.75, 3.05) is 5.43 Å². The maximum absolute atomic E-state index is 3.92. The first-order chi connectivity index (χ1) is 6.85. The molecule has 0 aromatic carbocycles. The van der Waals surface area contributed by atoms with Crippen LogP contribution in [0.15, 0.2) is 47.4 Å². The van der Waals surface area contributed by atoms with Crippen LogP contribution in [0.2, 0.25) is 0 Å². The van der Waals surface area contributed by atoms with Gasteiger partial charge < -0.3 is 0 Å². The van der Waals surface area contributed by atoms with Gasteiger partial charge >= 0.3 is 0 Å². The van der Waals surface area contributed by atoms with Gasteiger partial charge in [-0.25, -0.2) is 4.98 Å². The van der Waals surface area contributed by atoms with Crippen LogP contribution in [0.5, 0.6) is 0 Å². The lowest BCUT2D eigenvalue weighted by Crippen LogP contribution is -1.87. The highest BCUT2D eigenvalue weighted by molar-refractivity contribution is 5.36. The highest BCUT2D eigenvalue weighted by Gasteiger charge is 1.82. The van der Waals surface area contributed by atoms with E-state index in [2.05, 4.69) is 28.0 Å². The van der Waals surface area contributed by atoms with E-state index in [0.29, 0.717) is 5.82 Å². The highest BCUT2D eigenvalue weighted by Crippen LogP contribution is 1.97. The summed E-state index contributed by atoms with van der Waals surface area (Å²) in [6, 6.07) is 5.53. The van der Waals surface area contributed by atoms with Crippen LogP contribution in [0.1, 0.15) is 13.8 Å². The fraction of sp³-hybridized carbons (Fsp3) is 0.182. The summed E-state index contributed by atoms with van der Waals surface area (Å²) in [7, 11) is 0. The van der Waals surface area contributed by atoms with E-state index in [1.165, 1.54) is 0 Å². The fourth-order valence-electron chi connectivity index (χ4n) is 0.677. The van der Waals surface area contributed by atoms with E-state index in [1.807, 2.05) is 44.2 Å².